The SMILES string of the molecule is CCC[CH2][Sn]([CH2]CCC)([CH2]CCC)[C]1=CC(C)(C)C(C)=NC1(C)CC. The van der Waals surface area contributed by atoms with Gasteiger partial charge in [0.15, 0.2) is 0 Å². The number of hydrogen-bond acceptors (Lipinski definition) is 1. The summed E-state index contributed by atoms with van der Waals surface area (Å²) < 4.78 is 6.54. The van der Waals surface area contributed by atoms with Crippen LogP contribution in [0.1, 0.15) is 100 Å². The molecule has 0 aromatic heterocycles. The first-order chi connectivity index (χ1) is 11.7. The van der Waals surface area contributed by atoms with E-state index in [1.165, 1.54) is 44.2 Å². The van der Waals surface area contributed by atoms with Crippen LogP contribution >= 0.6 is 0 Å². The molecule has 1 nitrogen and oxygen atoms in total. The summed E-state index contributed by atoms with van der Waals surface area (Å²) in [5, 5.41) is 0. The van der Waals surface area contributed by atoms with Crippen LogP contribution in [-0.4, -0.2) is 29.6 Å². The van der Waals surface area contributed by atoms with Gasteiger partial charge in [0.1, 0.15) is 0 Å². The van der Waals surface area contributed by atoms with Gasteiger partial charge in [-0.1, -0.05) is 0 Å². The standard InChI is InChI=1S/C11H18N.3C4H9.Sn/c1-6-11(5)8-7-10(3,4)9(2)12-11;3*1-3-4-2;/h7H,6H2,1-5H3;3*1,3-4H2,2H3;. The Morgan fingerprint density at radius 1 is 0.840 bits per heavy atom. The van der Waals surface area contributed by atoms with Crippen LogP contribution in [0, 0.1) is 5.41 Å². The molecule has 0 aromatic carbocycles. The number of rotatable bonds is 11. The molecule has 0 saturated heterocycles. The molecule has 1 unspecified atom stereocenters. The van der Waals surface area contributed by atoms with Crippen LogP contribution in [0.4, 0.5) is 0 Å². The summed E-state index contributed by atoms with van der Waals surface area (Å²) in [6, 6.07) is 0. The van der Waals surface area contributed by atoms with Crippen molar-refractivity contribution in [3.05, 3.63) is 9.67 Å². The summed E-state index contributed by atoms with van der Waals surface area (Å²) in [5.41, 5.74) is 1.57. The van der Waals surface area contributed by atoms with Gasteiger partial charge in [-0.3, -0.25) is 0 Å². The van der Waals surface area contributed by atoms with Gasteiger partial charge in [-0.25, -0.2) is 0 Å². The molecular formula is C23H45NSn. The Balaban J connectivity index is 3.45. The second kappa shape index (κ2) is 9.95. The predicted octanol–water partition coefficient (Wildman–Crippen LogP) is 7.97. The van der Waals surface area contributed by atoms with Crippen LogP contribution in [-0.2, 0) is 0 Å². The minimum absolute atomic E-state index is 0.0882. The Morgan fingerprint density at radius 3 is 1.64 bits per heavy atom. The minimum atomic E-state index is -2.42. The van der Waals surface area contributed by atoms with Crippen LogP contribution in [0.15, 0.2) is 14.7 Å². The van der Waals surface area contributed by atoms with Gasteiger partial charge in [0.2, 0.25) is 0 Å². The molecule has 0 saturated carbocycles. The molecule has 0 amide bonds. The average molecular weight is 454 g/mol. The van der Waals surface area contributed by atoms with E-state index in [9.17, 15) is 0 Å². The maximum atomic E-state index is 5.36. The normalized spacial score (nSPS) is 23.4. The third kappa shape index (κ3) is 5.59. The van der Waals surface area contributed by atoms with Crippen molar-refractivity contribution < 1.29 is 0 Å². The third-order valence-corrected chi connectivity index (χ3v) is 23.2. The summed E-state index contributed by atoms with van der Waals surface area (Å²) in [7, 11) is 0. The molecule has 0 aliphatic carbocycles. The molecule has 146 valence electrons. The molecule has 0 spiro atoms. The number of hydrogen-bond donors (Lipinski definition) is 0. The predicted molar refractivity (Wildman–Crippen MR) is 119 cm³/mol. The van der Waals surface area contributed by atoms with E-state index in [2.05, 4.69) is 61.5 Å². The number of unbranched alkanes of at least 4 members (excludes halogenated alkanes) is 3. The molecule has 1 atom stereocenters. The van der Waals surface area contributed by atoms with E-state index in [0.717, 1.165) is 6.42 Å². The Kier molecular flexibility index (Phi) is 9.25. The van der Waals surface area contributed by atoms with Crippen molar-refractivity contribution in [1.29, 1.82) is 0 Å². The Morgan fingerprint density at radius 2 is 1.28 bits per heavy atom. The summed E-state index contributed by atoms with van der Waals surface area (Å²) in [6.07, 6.45) is 12.2. The van der Waals surface area contributed by atoms with Crippen molar-refractivity contribution >= 4 is 24.1 Å². The summed E-state index contributed by atoms with van der Waals surface area (Å²) in [4.78, 5) is 5.36. The van der Waals surface area contributed by atoms with Crippen molar-refractivity contribution in [3.63, 3.8) is 0 Å². The van der Waals surface area contributed by atoms with E-state index in [1.54, 1.807) is 13.3 Å². The number of aliphatic imine (C=N–C) groups is 1. The molecule has 0 bridgehead atoms. The van der Waals surface area contributed by atoms with Crippen molar-refractivity contribution in [2.45, 2.75) is 119 Å². The van der Waals surface area contributed by atoms with Gasteiger partial charge in [0.05, 0.1) is 0 Å². The molecule has 1 rings (SSSR count). The quantitative estimate of drug-likeness (QED) is 0.281. The van der Waals surface area contributed by atoms with Gasteiger partial charge in [0, 0.05) is 0 Å². The second-order valence-electron chi connectivity index (χ2n) is 9.20. The van der Waals surface area contributed by atoms with Gasteiger partial charge in [-0.05, 0) is 0 Å². The first-order valence-corrected chi connectivity index (χ1v) is 18.5. The van der Waals surface area contributed by atoms with Crippen molar-refractivity contribution in [2.24, 2.45) is 10.4 Å². The third-order valence-electron chi connectivity index (χ3n) is 6.72. The van der Waals surface area contributed by atoms with Gasteiger partial charge in [-0.15, -0.1) is 0 Å². The van der Waals surface area contributed by atoms with E-state index in [-0.39, 0.29) is 11.0 Å². The molecule has 0 aromatic rings. The zero-order valence-electron chi connectivity index (χ0n) is 18.6. The molecule has 1 aliphatic rings. The zero-order chi connectivity index (χ0) is 19.1. The van der Waals surface area contributed by atoms with Crippen molar-refractivity contribution in [3.8, 4) is 0 Å². The van der Waals surface area contributed by atoms with Crippen LogP contribution in [0.25, 0.3) is 0 Å². The molecule has 0 N–H and O–H groups in total. The molecule has 0 fully saturated rings. The Hall–Kier alpha value is 0.209. The van der Waals surface area contributed by atoms with Crippen LogP contribution in [0.2, 0.25) is 13.3 Å². The van der Waals surface area contributed by atoms with E-state index in [1.807, 2.05) is 3.59 Å². The molecule has 0 radical (unpaired) electrons. The van der Waals surface area contributed by atoms with Crippen LogP contribution in [0.3, 0.4) is 0 Å². The van der Waals surface area contributed by atoms with E-state index in [0.29, 0.717) is 0 Å². The number of dihydropyridines is 1. The molecule has 2 heteroatoms. The fourth-order valence-corrected chi connectivity index (χ4v) is 23.6. The van der Waals surface area contributed by atoms with Crippen molar-refractivity contribution in [1.82, 2.24) is 0 Å². The van der Waals surface area contributed by atoms with E-state index in [4.69, 9.17) is 4.99 Å². The molecule has 25 heavy (non-hydrogen) atoms. The first kappa shape index (κ1) is 23.2. The van der Waals surface area contributed by atoms with Crippen molar-refractivity contribution in [2.75, 3.05) is 0 Å². The fraction of sp³-hybridized carbons (Fsp3) is 0.870. The van der Waals surface area contributed by atoms with Gasteiger partial charge in [0.25, 0.3) is 0 Å². The average Bonchev–Trinajstić information content (AvgIpc) is 2.58. The Bertz CT molecular complexity index is 453. The maximum absolute atomic E-state index is 5.36. The van der Waals surface area contributed by atoms with Gasteiger partial charge < -0.3 is 0 Å². The first-order valence-electron chi connectivity index (χ1n) is 11.0. The van der Waals surface area contributed by atoms with E-state index < -0.39 is 18.4 Å². The van der Waals surface area contributed by atoms with E-state index >= 15 is 0 Å². The van der Waals surface area contributed by atoms with Gasteiger partial charge in [-0.2, -0.15) is 0 Å². The zero-order valence-corrected chi connectivity index (χ0v) is 21.4. The monoisotopic (exact) mass is 455 g/mol. The summed E-state index contributed by atoms with van der Waals surface area (Å²) >= 11 is -2.42. The molecular weight excluding hydrogens is 409 g/mol. The van der Waals surface area contributed by atoms with Gasteiger partial charge >= 0.3 is 163 Å². The molecule has 1 heterocycles. The summed E-state index contributed by atoms with van der Waals surface area (Å²) in [5.74, 6) is 0. The van der Waals surface area contributed by atoms with Crippen LogP contribution < -0.4 is 0 Å². The Labute approximate surface area is 163 Å². The summed E-state index contributed by atoms with van der Waals surface area (Å²) in [6.45, 7) is 19.0. The molecule has 1 aliphatic heterocycles. The number of nitrogens with zero attached hydrogens (tertiary/aromatic N) is 1. The fourth-order valence-electron chi connectivity index (χ4n) is 4.51. The van der Waals surface area contributed by atoms with Crippen LogP contribution in [0.5, 0.6) is 0 Å². The second-order valence-corrected chi connectivity index (χ2v) is 22.3. The topological polar surface area (TPSA) is 12.4 Å². The number of allylic oxidation sites excluding steroid dienone is 1.